The van der Waals surface area contributed by atoms with E-state index >= 15 is 0 Å². The van der Waals surface area contributed by atoms with Crippen molar-refractivity contribution in [1.82, 2.24) is 14.7 Å². The number of halogens is 1. The van der Waals surface area contributed by atoms with Gasteiger partial charge in [-0.1, -0.05) is 28.1 Å². The molecular formula is C24H33BrN4O11. The van der Waals surface area contributed by atoms with E-state index in [4.69, 9.17) is 0 Å². The molecule has 0 heterocycles. The predicted octanol–water partition coefficient (Wildman–Crippen LogP) is -0.351. The van der Waals surface area contributed by atoms with Crippen molar-refractivity contribution in [2.75, 3.05) is 56.5 Å². The Hall–Kier alpha value is -3.60. The van der Waals surface area contributed by atoms with Crippen LogP contribution in [0.1, 0.15) is 12.5 Å². The number of hydrogen-bond acceptors (Lipinski definition) is 9. The molecule has 40 heavy (non-hydrogen) atoms. The van der Waals surface area contributed by atoms with E-state index in [9.17, 15) is 54.3 Å². The summed E-state index contributed by atoms with van der Waals surface area (Å²) in [6.07, 6.45) is 0.123. The molecule has 1 amide bonds. The summed E-state index contributed by atoms with van der Waals surface area (Å²) in [5.74, 6) is -6.68. The molecule has 2 atom stereocenters. The molecule has 16 heteroatoms. The summed E-state index contributed by atoms with van der Waals surface area (Å²) in [6, 6.07) is 5.04. The highest BCUT2D eigenvalue weighted by Gasteiger charge is 2.31. The Labute approximate surface area is 238 Å². The number of hydrogen-bond donors (Lipinski definition) is 6. The molecule has 0 saturated carbocycles. The minimum Gasteiger partial charge on any atom is -0.480 e. The normalized spacial score (nSPS) is 12.7. The molecule has 0 aliphatic heterocycles. The first-order valence-corrected chi connectivity index (χ1v) is 13.1. The molecule has 0 aliphatic rings. The Bertz CT molecular complexity index is 1020. The van der Waals surface area contributed by atoms with Crippen molar-refractivity contribution in [3.8, 4) is 0 Å². The summed E-state index contributed by atoms with van der Waals surface area (Å²) < 4.78 is 0. The van der Waals surface area contributed by atoms with Gasteiger partial charge >= 0.3 is 29.8 Å². The van der Waals surface area contributed by atoms with E-state index in [0.717, 1.165) is 9.80 Å². The topological polar surface area (TPSA) is 225 Å². The van der Waals surface area contributed by atoms with Crippen molar-refractivity contribution in [1.29, 1.82) is 0 Å². The zero-order chi connectivity index (χ0) is 30.4. The summed E-state index contributed by atoms with van der Waals surface area (Å²) in [7, 11) is 0. The lowest BCUT2D eigenvalue weighted by atomic mass is 10.0. The number of carbonyl (C=O) groups excluding carboxylic acids is 1. The van der Waals surface area contributed by atoms with Crippen LogP contribution in [-0.4, -0.2) is 139 Å². The van der Waals surface area contributed by atoms with Crippen LogP contribution >= 0.6 is 15.9 Å². The molecule has 1 aromatic rings. The van der Waals surface area contributed by atoms with Crippen molar-refractivity contribution in [3.63, 3.8) is 0 Å². The summed E-state index contributed by atoms with van der Waals surface area (Å²) in [5.41, 5.74) is 1.15. The predicted molar refractivity (Wildman–Crippen MR) is 144 cm³/mol. The molecule has 222 valence electrons. The lowest BCUT2D eigenvalue weighted by Gasteiger charge is -2.39. The minimum absolute atomic E-state index is 0.0859. The molecule has 1 aromatic carbocycles. The maximum Gasteiger partial charge on any atom is 0.317 e. The number of rotatable bonds is 20. The Kier molecular flexibility index (Phi) is 14.8. The monoisotopic (exact) mass is 632 g/mol. The Morgan fingerprint density at radius 1 is 0.725 bits per heavy atom. The first kappa shape index (κ1) is 34.4. The maximum absolute atomic E-state index is 11.8. The average molecular weight is 633 g/mol. The number of amides is 1. The van der Waals surface area contributed by atoms with Crippen LogP contribution in [0.2, 0.25) is 0 Å². The first-order chi connectivity index (χ1) is 18.7. The molecule has 15 nitrogen and oxygen atoms in total. The van der Waals surface area contributed by atoms with E-state index in [2.05, 4.69) is 21.2 Å². The number of nitrogens with one attached hydrogen (secondary N) is 1. The summed E-state index contributed by atoms with van der Waals surface area (Å²) in [6.45, 7) is -1.85. The van der Waals surface area contributed by atoms with E-state index in [1.54, 1.807) is 31.2 Å². The summed E-state index contributed by atoms with van der Waals surface area (Å²) in [4.78, 5) is 72.6. The van der Waals surface area contributed by atoms with Crippen molar-refractivity contribution in [2.45, 2.75) is 25.4 Å². The fraction of sp³-hybridized carbons (Fsp3) is 0.500. The van der Waals surface area contributed by atoms with Gasteiger partial charge in [0, 0.05) is 30.9 Å². The standard InChI is InChI=1S/C24H33BrN4O11/c1-15(8-27(10-20(31)32)11-21(33)34)29(14-24(39)40)18(9-28(12-22(35)36)13-23(37)38)6-16-2-4-17(5-3-16)26-19(30)7-25/h2-5,15,18H,6-14H2,1H3,(H,26,30)(H,31,32)(H,33,34)(H,35,36)(H,37,38)(H,39,40)/t15-,18+/m0/s1. The quantitative estimate of drug-likeness (QED) is 0.101. The van der Waals surface area contributed by atoms with Gasteiger partial charge in [-0.05, 0) is 31.0 Å². The van der Waals surface area contributed by atoms with Gasteiger partial charge < -0.3 is 30.8 Å². The van der Waals surface area contributed by atoms with Gasteiger partial charge in [0.15, 0.2) is 0 Å². The van der Waals surface area contributed by atoms with Gasteiger partial charge in [-0.3, -0.25) is 43.5 Å². The number of carbonyl (C=O) groups is 6. The summed E-state index contributed by atoms with van der Waals surface area (Å²) in [5, 5.41) is 49.4. The van der Waals surface area contributed by atoms with Gasteiger partial charge in [-0.2, -0.15) is 0 Å². The SMILES string of the molecule is C[C@@H](CN(CC(=O)O)CC(=O)O)N(CC(=O)O)[C@H](Cc1ccc(NC(=O)CBr)cc1)CN(CC(=O)O)CC(=O)O. The fourth-order valence-corrected chi connectivity index (χ4v) is 4.33. The van der Waals surface area contributed by atoms with Crippen molar-refractivity contribution in [3.05, 3.63) is 29.8 Å². The van der Waals surface area contributed by atoms with Crippen LogP contribution in [0.3, 0.4) is 0 Å². The molecular weight excluding hydrogens is 600 g/mol. The third-order valence-electron chi connectivity index (χ3n) is 5.61. The lowest BCUT2D eigenvalue weighted by molar-refractivity contribution is -0.144. The molecule has 0 spiro atoms. The van der Waals surface area contributed by atoms with Gasteiger partial charge in [0.2, 0.25) is 5.91 Å². The first-order valence-electron chi connectivity index (χ1n) is 11.9. The number of nitrogens with zero attached hydrogens (tertiary/aromatic N) is 3. The van der Waals surface area contributed by atoms with Crippen LogP contribution in [0.4, 0.5) is 5.69 Å². The lowest BCUT2D eigenvalue weighted by Crippen LogP contribution is -2.55. The van der Waals surface area contributed by atoms with E-state index in [1.165, 1.54) is 4.90 Å². The number of anilines is 1. The van der Waals surface area contributed by atoms with Crippen LogP contribution in [-0.2, 0) is 35.2 Å². The summed E-state index contributed by atoms with van der Waals surface area (Å²) >= 11 is 3.05. The molecule has 0 radical (unpaired) electrons. The van der Waals surface area contributed by atoms with Crippen molar-refractivity contribution >= 4 is 57.4 Å². The maximum atomic E-state index is 11.8. The smallest absolute Gasteiger partial charge is 0.317 e. The van der Waals surface area contributed by atoms with E-state index < -0.39 is 74.7 Å². The van der Waals surface area contributed by atoms with Gasteiger partial charge in [0.1, 0.15) is 0 Å². The second-order valence-electron chi connectivity index (χ2n) is 9.07. The third-order valence-corrected chi connectivity index (χ3v) is 6.12. The molecule has 0 bridgehead atoms. The molecule has 0 fully saturated rings. The molecule has 0 saturated heterocycles. The molecule has 0 aromatic heterocycles. The number of aliphatic carboxylic acids is 5. The van der Waals surface area contributed by atoms with Gasteiger partial charge in [0.05, 0.1) is 38.1 Å². The number of carboxylic acid groups (broad SMARTS) is 5. The Balaban J connectivity index is 3.41. The fourth-order valence-electron chi connectivity index (χ4n) is 4.19. The molecule has 0 unspecified atom stereocenters. The van der Waals surface area contributed by atoms with Gasteiger partial charge in [-0.15, -0.1) is 0 Å². The van der Waals surface area contributed by atoms with E-state index in [0.29, 0.717) is 11.3 Å². The van der Waals surface area contributed by atoms with Crippen LogP contribution < -0.4 is 5.32 Å². The Morgan fingerprint density at radius 3 is 1.55 bits per heavy atom. The highest BCUT2D eigenvalue weighted by Crippen LogP contribution is 2.18. The highest BCUT2D eigenvalue weighted by atomic mass is 79.9. The van der Waals surface area contributed by atoms with E-state index in [-0.39, 0.29) is 30.7 Å². The molecule has 1 rings (SSSR count). The Morgan fingerprint density at radius 2 is 1.15 bits per heavy atom. The van der Waals surface area contributed by atoms with Crippen LogP contribution in [0.15, 0.2) is 24.3 Å². The number of alkyl halides is 1. The van der Waals surface area contributed by atoms with Crippen molar-refractivity contribution < 1.29 is 54.3 Å². The molecule has 6 N–H and O–H groups in total. The zero-order valence-electron chi connectivity index (χ0n) is 21.7. The second-order valence-corrected chi connectivity index (χ2v) is 9.63. The minimum atomic E-state index is -1.29. The van der Waals surface area contributed by atoms with Gasteiger partial charge in [-0.25, -0.2) is 0 Å². The largest absolute Gasteiger partial charge is 0.480 e. The highest BCUT2D eigenvalue weighted by molar-refractivity contribution is 9.09. The molecule has 0 aliphatic carbocycles. The van der Waals surface area contributed by atoms with Crippen LogP contribution in [0.25, 0.3) is 0 Å². The second kappa shape index (κ2) is 17.2. The number of carboxylic acids is 5. The number of benzene rings is 1. The van der Waals surface area contributed by atoms with Crippen LogP contribution in [0.5, 0.6) is 0 Å². The van der Waals surface area contributed by atoms with Crippen LogP contribution in [0, 0.1) is 0 Å². The van der Waals surface area contributed by atoms with Gasteiger partial charge in [0.25, 0.3) is 0 Å². The zero-order valence-corrected chi connectivity index (χ0v) is 23.3. The van der Waals surface area contributed by atoms with E-state index in [1.807, 2.05) is 0 Å². The average Bonchev–Trinajstić information content (AvgIpc) is 2.81. The van der Waals surface area contributed by atoms with Crippen molar-refractivity contribution in [2.24, 2.45) is 0 Å². The third kappa shape index (κ3) is 14.0.